The standard InChI is InChI=1S/C21H24N4O3/c1-3-15-13(2)19(23-22-15)20(27)24-10-9-21-17(24)11-18(26)25(21)16(12-28-21)14-7-5-4-6-8-14/h4-8,16-17H,3,9-12H2,1-2H3,(H,22,23)/t16-,17+,21-/m0/s1. The van der Waals surface area contributed by atoms with E-state index in [2.05, 4.69) is 10.2 Å². The number of rotatable bonds is 3. The van der Waals surface area contributed by atoms with E-state index in [9.17, 15) is 9.59 Å². The van der Waals surface area contributed by atoms with Gasteiger partial charge in [-0.25, -0.2) is 0 Å². The molecule has 3 saturated heterocycles. The van der Waals surface area contributed by atoms with Gasteiger partial charge in [-0.15, -0.1) is 0 Å². The summed E-state index contributed by atoms with van der Waals surface area (Å²) in [6, 6.07) is 9.64. The van der Waals surface area contributed by atoms with E-state index < -0.39 is 5.72 Å². The first-order valence-electron chi connectivity index (χ1n) is 9.92. The number of likely N-dealkylation sites (tertiary alicyclic amines) is 1. The van der Waals surface area contributed by atoms with E-state index in [0.717, 1.165) is 23.2 Å². The molecule has 3 fully saturated rings. The quantitative estimate of drug-likeness (QED) is 0.885. The Morgan fingerprint density at radius 1 is 1.36 bits per heavy atom. The minimum Gasteiger partial charge on any atom is -0.351 e. The van der Waals surface area contributed by atoms with Crippen molar-refractivity contribution in [2.45, 2.75) is 50.9 Å². The lowest BCUT2D eigenvalue weighted by molar-refractivity contribution is -0.138. The molecule has 0 saturated carbocycles. The van der Waals surface area contributed by atoms with Crippen molar-refractivity contribution in [1.82, 2.24) is 20.0 Å². The van der Waals surface area contributed by atoms with Gasteiger partial charge in [0.15, 0.2) is 11.4 Å². The Kier molecular flexibility index (Phi) is 3.84. The number of ether oxygens (including phenoxy) is 1. The highest BCUT2D eigenvalue weighted by atomic mass is 16.5. The predicted octanol–water partition coefficient (Wildman–Crippen LogP) is 2.20. The highest BCUT2D eigenvalue weighted by Crippen LogP contribution is 2.51. The fraction of sp³-hybridized carbons (Fsp3) is 0.476. The van der Waals surface area contributed by atoms with Crippen molar-refractivity contribution in [2.75, 3.05) is 13.2 Å². The summed E-state index contributed by atoms with van der Waals surface area (Å²) in [5, 5.41) is 7.22. The van der Waals surface area contributed by atoms with E-state index >= 15 is 0 Å². The normalized spacial score (nSPS) is 28.7. The predicted molar refractivity (Wildman–Crippen MR) is 101 cm³/mol. The summed E-state index contributed by atoms with van der Waals surface area (Å²) in [5.41, 5.74) is 2.70. The van der Waals surface area contributed by atoms with Crippen LogP contribution in [0.4, 0.5) is 0 Å². The molecule has 0 radical (unpaired) electrons. The molecular weight excluding hydrogens is 356 g/mol. The Hall–Kier alpha value is -2.67. The molecule has 1 aromatic carbocycles. The maximum Gasteiger partial charge on any atom is 0.275 e. The fourth-order valence-electron chi connectivity index (χ4n) is 5.13. The maximum atomic E-state index is 13.2. The van der Waals surface area contributed by atoms with Crippen molar-refractivity contribution in [3.05, 3.63) is 52.8 Å². The average Bonchev–Trinajstić information content (AvgIpc) is 3.43. The second kappa shape index (κ2) is 6.17. The van der Waals surface area contributed by atoms with Gasteiger partial charge >= 0.3 is 0 Å². The van der Waals surface area contributed by atoms with E-state index in [1.807, 2.05) is 49.1 Å². The van der Waals surface area contributed by atoms with Crippen LogP contribution in [0.5, 0.6) is 0 Å². The van der Waals surface area contributed by atoms with Crippen LogP contribution in [0, 0.1) is 6.92 Å². The molecule has 0 aliphatic carbocycles. The van der Waals surface area contributed by atoms with Crippen LogP contribution in [0.3, 0.4) is 0 Å². The maximum absolute atomic E-state index is 13.2. The molecule has 3 aliphatic rings. The number of nitrogens with one attached hydrogen (secondary N) is 1. The smallest absolute Gasteiger partial charge is 0.275 e. The summed E-state index contributed by atoms with van der Waals surface area (Å²) in [5.74, 6) is -0.0569. The second-order valence-corrected chi connectivity index (χ2v) is 7.84. The van der Waals surface area contributed by atoms with Crippen LogP contribution < -0.4 is 0 Å². The lowest BCUT2D eigenvalue weighted by Crippen LogP contribution is -2.49. The Morgan fingerprint density at radius 3 is 2.86 bits per heavy atom. The number of aromatic nitrogens is 2. The van der Waals surface area contributed by atoms with E-state index in [1.54, 1.807) is 4.90 Å². The number of benzene rings is 1. The van der Waals surface area contributed by atoms with E-state index in [4.69, 9.17) is 4.74 Å². The molecule has 3 aliphatic heterocycles. The monoisotopic (exact) mass is 380 g/mol. The zero-order chi connectivity index (χ0) is 19.5. The first-order chi connectivity index (χ1) is 13.6. The number of hydrogen-bond donors (Lipinski definition) is 1. The Morgan fingerprint density at radius 2 is 2.14 bits per heavy atom. The van der Waals surface area contributed by atoms with Gasteiger partial charge in [-0.05, 0) is 18.9 Å². The third-order valence-corrected chi connectivity index (χ3v) is 6.57. The minimum absolute atomic E-state index is 0.0573. The van der Waals surface area contributed by atoms with Crippen LogP contribution in [-0.4, -0.2) is 56.7 Å². The third-order valence-electron chi connectivity index (χ3n) is 6.57. The summed E-state index contributed by atoms with van der Waals surface area (Å²) < 4.78 is 6.28. The van der Waals surface area contributed by atoms with Gasteiger partial charge in [0.05, 0.1) is 25.1 Å². The molecule has 1 spiro atoms. The molecule has 1 N–H and O–H groups in total. The lowest BCUT2D eigenvalue weighted by Gasteiger charge is -2.33. The van der Waals surface area contributed by atoms with Crippen molar-refractivity contribution in [2.24, 2.45) is 0 Å². The van der Waals surface area contributed by atoms with E-state index in [-0.39, 0.29) is 23.9 Å². The number of aromatic amines is 1. The van der Waals surface area contributed by atoms with Crippen LogP contribution in [0.1, 0.15) is 53.1 Å². The number of amides is 2. The topological polar surface area (TPSA) is 78.5 Å². The number of hydrogen-bond acceptors (Lipinski definition) is 4. The summed E-state index contributed by atoms with van der Waals surface area (Å²) in [7, 11) is 0. The number of aryl methyl sites for hydroxylation is 1. The third kappa shape index (κ3) is 2.22. The van der Waals surface area contributed by atoms with E-state index in [0.29, 0.717) is 31.7 Å². The molecule has 1 aromatic heterocycles. The van der Waals surface area contributed by atoms with Crippen LogP contribution in [-0.2, 0) is 16.0 Å². The molecule has 2 aromatic rings. The van der Waals surface area contributed by atoms with Crippen LogP contribution in [0.15, 0.2) is 30.3 Å². The first kappa shape index (κ1) is 17.4. The first-order valence-corrected chi connectivity index (χ1v) is 9.92. The fourth-order valence-corrected chi connectivity index (χ4v) is 5.13. The van der Waals surface area contributed by atoms with Crippen molar-refractivity contribution >= 4 is 11.8 Å². The van der Waals surface area contributed by atoms with Gasteiger partial charge in [-0.2, -0.15) is 5.10 Å². The minimum atomic E-state index is -0.703. The van der Waals surface area contributed by atoms with Crippen molar-refractivity contribution < 1.29 is 14.3 Å². The average molecular weight is 380 g/mol. The number of carbonyl (C=O) groups excluding carboxylic acids is 2. The second-order valence-electron chi connectivity index (χ2n) is 7.84. The summed E-state index contributed by atoms with van der Waals surface area (Å²) in [6.45, 7) is 4.99. The summed E-state index contributed by atoms with van der Waals surface area (Å²) >= 11 is 0. The van der Waals surface area contributed by atoms with Gasteiger partial charge in [0.2, 0.25) is 5.91 Å². The molecular formula is C21H24N4O3. The van der Waals surface area contributed by atoms with E-state index in [1.165, 1.54) is 0 Å². The van der Waals surface area contributed by atoms with Crippen molar-refractivity contribution in [3.63, 3.8) is 0 Å². The molecule has 7 nitrogen and oxygen atoms in total. The SMILES string of the molecule is CCc1[nH]nc(C(=O)N2CC[C@@]34OC[C@@H](c5ccccc5)N3C(=O)C[C@@H]24)c1C. The number of H-pyrrole nitrogens is 1. The molecule has 2 amide bonds. The van der Waals surface area contributed by atoms with Gasteiger partial charge in [0.25, 0.3) is 5.91 Å². The molecule has 5 rings (SSSR count). The summed E-state index contributed by atoms with van der Waals surface area (Å²) in [6.07, 6.45) is 1.75. The Balaban J connectivity index is 1.46. The molecule has 0 bridgehead atoms. The molecule has 7 heteroatoms. The van der Waals surface area contributed by atoms with Gasteiger partial charge in [0, 0.05) is 24.2 Å². The zero-order valence-corrected chi connectivity index (χ0v) is 16.1. The van der Waals surface area contributed by atoms with Gasteiger partial charge < -0.3 is 14.5 Å². The molecule has 4 heterocycles. The highest BCUT2D eigenvalue weighted by Gasteiger charge is 2.65. The van der Waals surface area contributed by atoms with Crippen LogP contribution >= 0.6 is 0 Å². The Bertz CT molecular complexity index is 940. The number of nitrogens with zero attached hydrogens (tertiary/aromatic N) is 3. The molecule has 146 valence electrons. The lowest BCUT2D eigenvalue weighted by atomic mass is 10.0. The molecule has 28 heavy (non-hydrogen) atoms. The van der Waals surface area contributed by atoms with Crippen LogP contribution in [0.2, 0.25) is 0 Å². The Labute approximate surface area is 163 Å². The largest absolute Gasteiger partial charge is 0.351 e. The molecule has 3 atom stereocenters. The van der Waals surface area contributed by atoms with Crippen molar-refractivity contribution in [1.29, 1.82) is 0 Å². The van der Waals surface area contributed by atoms with Crippen LogP contribution in [0.25, 0.3) is 0 Å². The number of carbonyl (C=O) groups is 2. The van der Waals surface area contributed by atoms with Crippen molar-refractivity contribution in [3.8, 4) is 0 Å². The zero-order valence-electron chi connectivity index (χ0n) is 16.1. The molecule has 0 unspecified atom stereocenters. The highest BCUT2D eigenvalue weighted by molar-refractivity contribution is 5.95. The van der Waals surface area contributed by atoms with Gasteiger partial charge in [-0.3, -0.25) is 14.7 Å². The summed E-state index contributed by atoms with van der Waals surface area (Å²) in [4.78, 5) is 29.9. The van der Waals surface area contributed by atoms with Gasteiger partial charge in [0.1, 0.15) is 0 Å². The van der Waals surface area contributed by atoms with Gasteiger partial charge in [-0.1, -0.05) is 37.3 Å².